The average Bonchev–Trinajstić information content (AvgIpc) is 3.53. The first-order valence-corrected chi connectivity index (χ1v) is 17.8. The molecule has 0 N–H and O–H groups in total. The summed E-state index contributed by atoms with van der Waals surface area (Å²) in [6.45, 7) is 0. The van der Waals surface area contributed by atoms with Crippen molar-refractivity contribution in [2.75, 3.05) is 4.90 Å². The van der Waals surface area contributed by atoms with E-state index in [9.17, 15) is 0 Å². The van der Waals surface area contributed by atoms with Crippen molar-refractivity contribution in [1.29, 1.82) is 0 Å². The summed E-state index contributed by atoms with van der Waals surface area (Å²) in [6, 6.07) is 65.8. The molecule has 2 aromatic heterocycles. The van der Waals surface area contributed by atoms with Crippen LogP contribution in [0.2, 0.25) is 0 Å². The summed E-state index contributed by atoms with van der Waals surface area (Å²) in [5.74, 6) is 0. The molecule has 3 heteroatoms. The van der Waals surface area contributed by atoms with Crippen LogP contribution in [-0.2, 0) is 0 Å². The molecule has 2 heterocycles. The van der Waals surface area contributed by atoms with E-state index in [1.54, 1.807) is 0 Å². The number of aromatic nitrogens is 1. The highest BCUT2D eigenvalue weighted by Crippen LogP contribution is 2.42. The lowest BCUT2D eigenvalue weighted by Gasteiger charge is -2.26. The van der Waals surface area contributed by atoms with Gasteiger partial charge < -0.3 is 4.90 Å². The van der Waals surface area contributed by atoms with Gasteiger partial charge in [-0.25, -0.2) is 4.98 Å². The molecule has 0 aliphatic heterocycles. The molecule has 8 aromatic carbocycles. The van der Waals surface area contributed by atoms with Crippen LogP contribution in [0.5, 0.6) is 0 Å². The molecule has 0 amide bonds. The first-order valence-electron chi connectivity index (χ1n) is 16.9. The second-order valence-corrected chi connectivity index (χ2v) is 13.9. The Morgan fingerprint density at radius 1 is 0.360 bits per heavy atom. The van der Waals surface area contributed by atoms with Crippen LogP contribution < -0.4 is 4.90 Å². The third-order valence-corrected chi connectivity index (χ3v) is 10.9. The van der Waals surface area contributed by atoms with E-state index in [0.717, 1.165) is 28.1 Å². The number of para-hydroxylation sites is 1. The van der Waals surface area contributed by atoms with Gasteiger partial charge in [-0.2, -0.15) is 0 Å². The zero-order valence-corrected chi connectivity index (χ0v) is 27.9. The maximum atomic E-state index is 5.07. The first-order chi connectivity index (χ1) is 24.7. The summed E-state index contributed by atoms with van der Waals surface area (Å²) < 4.78 is 2.44. The van der Waals surface area contributed by atoms with Crippen LogP contribution in [0, 0.1) is 0 Å². The Balaban J connectivity index is 1.08. The second-order valence-electron chi connectivity index (χ2n) is 12.9. The zero-order valence-electron chi connectivity index (χ0n) is 27.1. The maximum absolute atomic E-state index is 5.07. The van der Waals surface area contributed by atoms with Crippen molar-refractivity contribution in [3.05, 3.63) is 182 Å². The average molecular weight is 655 g/mol. The molecule has 0 saturated carbocycles. The van der Waals surface area contributed by atoms with Gasteiger partial charge in [0.25, 0.3) is 0 Å². The van der Waals surface area contributed by atoms with E-state index in [4.69, 9.17) is 4.98 Å². The Hall–Kier alpha value is -6.29. The van der Waals surface area contributed by atoms with Gasteiger partial charge >= 0.3 is 0 Å². The second kappa shape index (κ2) is 11.7. The van der Waals surface area contributed by atoms with Gasteiger partial charge in [-0.1, -0.05) is 115 Å². The molecule has 0 atom stereocenters. The number of benzene rings is 8. The predicted molar refractivity (Wildman–Crippen MR) is 215 cm³/mol. The van der Waals surface area contributed by atoms with Gasteiger partial charge in [0, 0.05) is 32.5 Å². The van der Waals surface area contributed by atoms with E-state index < -0.39 is 0 Å². The van der Waals surface area contributed by atoms with Gasteiger partial charge in [-0.15, -0.1) is 11.3 Å². The number of anilines is 3. The highest BCUT2D eigenvalue weighted by atomic mass is 32.1. The quantitative estimate of drug-likeness (QED) is 0.184. The highest BCUT2D eigenvalue weighted by Gasteiger charge is 2.16. The standard InChI is InChI=1S/C47H30N2S/c1-3-9-35-27-37(15-13-31(35)7-1)33-17-21-40(22-18-33)49(41-23-19-34(20-24-41)38-16-14-32-8-2-4-10-36(32)28-38)42-25-26-43-45(30-42)50-46-29-39-11-5-6-12-44(39)48-47(43)46/h1-30H. The lowest BCUT2D eigenvalue weighted by Crippen LogP contribution is -2.09. The fourth-order valence-electron chi connectivity index (χ4n) is 7.21. The van der Waals surface area contributed by atoms with Crippen molar-refractivity contribution in [2.24, 2.45) is 0 Å². The number of nitrogens with zero attached hydrogens (tertiary/aromatic N) is 2. The smallest absolute Gasteiger partial charge is 0.0896 e. The van der Waals surface area contributed by atoms with Gasteiger partial charge in [0.15, 0.2) is 0 Å². The molecule has 0 spiro atoms. The van der Waals surface area contributed by atoms with Gasteiger partial charge in [0.2, 0.25) is 0 Å². The summed E-state index contributed by atoms with van der Waals surface area (Å²) in [5, 5.41) is 7.38. The molecule has 234 valence electrons. The van der Waals surface area contributed by atoms with Gasteiger partial charge in [0.1, 0.15) is 0 Å². The molecule has 0 unspecified atom stereocenters. The van der Waals surface area contributed by atoms with Crippen LogP contribution in [-0.4, -0.2) is 4.98 Å². The Morgan fingerprint density at radius 3 is 1.46 bits per heavy atom. The Bertz CT molecular complexity index is 2750. The number of hydrogen-bond donors (Lipinski definition) is 0. The van der Waals surface area contributed by atoms with Crippen LogP contribution in [0.25, 0.3) is 75.0 Å². The minimum Gasteiger partial charge on any atom is -0.310 e. The Kier molecular flexibility index (Phi) is 6.71. The molecule has 0 fully saturated rings. The molecule has 0 saturated heterocycles. The normalized spacial score (nSPS) is 11.6. The zero-order chi connectivity index (χ0) is 33.0. The third kappa shape index (κ3) is 4.99. The van der Waals surface area contributed by atoms with Crippen LogP contribution in [0.4, 0.5) is 17.1 Å². The molecule has 0 bridgehead atoms. The Labute approximate surface area is 294 Å². The predicted octanol–water partition coefficient (Wildman–Crippen LogP) is 13.7. The number of pyridine rings is 1. The lowest BCUT2D eigenvalue weighted by molar-refractivity contribution is 1.29. The largest absolute Gasteiger partial charge is 0.310 e. The van der Waals surface area contributed by atoms with E-state index in [1.807, 2.05) is 11.3 Å². The molecule has 10 rings (SSSR count). The monoisotopic (exact) mass is 654 g/mol. The van der Waals surface area contributed by atoms with Gasteiger partial charge in [-0.3, -0.25) is 0 Å². The summed E-state index contributed by atoms with van der Waals surface area (Å²) >= 11 is 1.81. The van der Waals surface area contributed by atoms with Gasteiger partial charge in [-0.05, 0) is 111 Å². The lowest BCUT2D eigenvalue weighted by atomic mass is 10.00. The fourth-order valence-corrected chi connectivity index (χ4v) is 8.34. The molecule has 0 aliphatic carbocycles. The van der Waals surface area contributed by atoms with Crippen molar-refractivity contribution in [1.82, 2.24) is 4.98 Å². The molecule has 0 radical (unpaired) electrons. The molecular weight excluding hydrogens is 625 g/mol. The summed E-state index contributed by atoms with van der Waals surface area (Å²) in [6.07, 6.45) is 0. The highest BCUT2D eigenvalue weighted by molar-refractivity contribution is 7.25. The SMILES string of the molecule is c1ccc2cc(-c3ccc(N(c4ccc(-c5ccc6ccccc6c5)cc4)c4ccc5c(c4)sc4cc6ccccc6nc45)cc3)ccc2c1. The number of fused-ring (bicyclic) bond motifs is 6. The van der Waals surface area contributed by atoms with Crippen molar-refractivity contribution < 1.29 is 0 Å². The van der Waals surface area contributed by atoms with E-state index in [2.05, 4.69) is 187 Å². The minimum atomic E-state index is 1.03. The topological polar surface area (TPSA) is 16.1 Å². The van der Waals surface area contributed by atoms with Crippen LogP contribution >= 0.6 is 11.3 Å². The summed E-state index contributed by atoms with van der Waals surface area (Å²) in [4.78, 5) is 7.43. The van der Waals surface area contributed by atoms with E-state index in [1.165, 1.54) is 64.0 Å². The first kappa shape index (κ1) is 28.7. The van der Waals surface area contributed by atoms with Crippen LogP contribution in [0.15, 0.2) is 182 Å². The van der Waals surface area contributed by atoms with Crippen LogP contribution in [0.3, 0.4) is 0 Å². The van der Waals surface area contributed by atoms with E-state index in [0.29, 0.717) is 0 Å². The number of thiophene rings is 1. The van der Waals surface area contributed by atoms with Crippen molar-refractivity contribution in [3.63, 3.8) is 0 Å². The minimum absolute atomic E-state index is 1.03. The van der Waals surface area contributed by atoms with Crippen molar-refractivity contribution in [3.8, 4) is 22.3 Å². The van der Waals surface area contributed by atoms with E-state index in [-0.39, 0.29) is 0 Å². The molecule has 0 aliphatic rings. The number of hydrogen-bond acceptors (Lipinski definition) is 3. The molecular formula is C47H30N2S. The summed E-state index contributed by atoms with van der Waals surface area (Å²) in [5.41, 5.74) is 10.3. The van der Waals surface area contributed by atoms with Crippen LogP contribution in [0.1, 0.15) is 0 Å². The van der Waals surface area contributed by atoms with E-state index >= 15 is 0 Å². The summed E-state index contributed by atoms with van der Waals surface area (Å²) in [7, 11) is 0. The molecule has 2 nitrogen and oxygen atoms in total. The molecule has 10 aromatic rings. The maximum Gasteiger partial charge on any atom is 0.0896 e. The number of rotatable bonds is 5. The fraction of sp³-hybridized carbons (Fsp3) is 0. The Morgan fingerprint density at radius 2 is 0.860 bits per heavy atom. The van der Waals surface area contributed by atoms with Crippen molar-refractivity contribution in [2.45, 2.75) is 0 Å². The third-order valence-electron chi connectivity index (χ3n) is 9.80. The van der Waals surface area contributed by atoms with Crippen molar-refractivity contribution >= 4 is 81.1 Å². The molecule has 50 heavy (non-hydrogen) atoms. The van der Waals surface area contributed by atoms with Gasteiger partial charge in [0.05, 0.1) is 15.7 Å².